The van der Waals surface area contributed by atoms with E-state index in [1.165, 1.54) is 11.0 Å². The molecule has 0 unspecified atom stereocenters. The van der Waals surface area contributed by atoms with Gasteiger partial charge in [-0.25, -0.2) is 4.39 Å². The average molecular weight is 370 g/mol. The number of hydrogen-bond acceptors (Lipinski definition) is 2. The van der Waals surface area contributed by atoms with E-state index in [4.69, 9.17) is 0 Å². The van der Waals surface area contributed by atoms with E-state index < -0.39 is 11.9 Å². The minimum absolute atomic E-state index is 0.0161. The second-order valence-electron chi connectivity index (χ2n) is 6.93. The van der Waals surface area contributed by atoms with Crippen LogP contribution in [0.15, 0.2) is 54.6 Å². The van der Waals surface area contributed by atoms with E-state index in [1.807, 2.05) is 44.2 Å². The molecule has 2 aromatic rings. The standard InChI is InChI=1S/C22H27FN2O2/c1-16(2)24-22(27)17(3)25(14-13-18-9-5-4-6-10-18)21(26)15-19-11-7-8-12-20(19)23/h4-12,16-17H,13-15H2,1-3H3,(H,24,27)/t17-/m1/s1. The van der Waals surface area contributed by atoms with Crippen LogP contribution in [0.4, 0.5) is 4.39 Å². The molecular formula is C22H27FN2O2. The van der Waals surface area contributed by atoms with Gasteiger partial charge in [0.25, 0.3) is 0 Å². The Morgan fingerprint density at radius 3 is 2.26 bits per heavy atom. The molecule has 27 heavy (non-hydrogen) atoms. The van der Waals surface area contributed by atoms with Crippen LogP contribution in [0, 0.1) is 5.82 Å². The summed E-state index contributed by atoms with van der Waals surface area (Å²) in [5, 5.41) is 2.84. The summed E-state index contributed by atoms with van der Waals surface area (Å²) in [6.45, 7) is 5.85. The maximum atomic E-state index is 13.9. The second kappa shape index (κ2) is 9.86. The van der Waals surface area contributed by atoms with Crippen LogP contribution in [0.5, 0.6) is 0 Å². The Balaban J connectivity index is 2.15. The van der Waals surface area contributed by atoms with Gasteiger partial charge in [0.2, 0.25) is 11.8 Å². The van der Waals surface area contributed by atoms with Crippen LogP contribution in [0.2, 0.25) is 0 Å². The van der Waals surface area contributed by atoms with Crippen molar-refractivity contribution >= 4 is 11.8 Å². The fourth-order valence-electron chi connectivity index (χ4n) is 2.88. The highest BCUT2D eigenvalue weighted by Crippen LogP contribution is 2.12. The normalized spacial score (nSPS) is 11.9. The molecule has 0 saturated carbocycles. The Morgan fingerprint density at radius 2 is 1.63 bits per heavy atom. The number of nitrogens with one attached hydrogen (secondary N) is 1. The molecule has 0 aromatic heterocycles. The minimum atomic E-state index is -0.629. The Kier molecular flexibility index (Phi) is 7.53. The monoisotopic (exact) mass is 370 g/mol. The van der Waals surface area contributed by atoms with Crippen LogP contribution in [-0.2, 0) is 22.4 Å². The highest BCUT2D eigenvalue weighted by molar-refractivity contribution is 5.88. The lowest BCUT2D eigenvalue weighted by Crippen LogP contribution is -2.50. The summed E-state index contributed by atoms with van der Waals surface area (Å²) in [5.74, 6) is -0.879. The van der Waals surface area contributed by atoms with Gasteiger partial charge in [-0.05, 0) is 44.4 Å². The van der Waals surface area contributed by atoms with Gasteiger partial charge in [0.15, 0.2) is 0 Å². The fourth-order valence-corrected chi connectivity index (χ4v) is 2.88. The first-order valence-corrected chi connectivity index (χ1v) is 9.25. The number of carbonyl (C=O) groups is 2. The highest BCUT2D eigenvalue weighted by atomic mass is 19.1. The summed E-state index contributed by atoms with van der Waals surface area (Å²) < 4.78 is 13.9. The smallest absolute Gasteiger partial charge is 0.242 e. The third kappa shape index (κ3) is 6.20. The SMILES string of the molecule is CC(C)NC(=O)[C@@H](C)N(CCc1ccccc1)C(=O)Cc1ccccc1F. The van der Waals surface area contributed by atoms with Crippen LogP contribution >= 0.6 is 0 Å². The van der Waals surface area contributed by atoms with Crippen molar-refractivity contribution in [1.29, 1.82) is 0 Å². The lowest BCUT2D eigenvalue weighted by molar-refractivity contribution is -0.139. The largest absolute Gasteiger partial charge is 0.352 e. The first kappa shape index (κ1) is 20.6. The summed E-state index contributed by atoms with van der Waals surface area (Å²) >= 11 is 0. The van der Waals surface area contributed by atoms with Crippen LogP contribution in [0.3, 0.4) is 0 Å². The van der Waals surface area contributed by atoms with Gasteiger partial charge in [-0.1, -0.05) is 48.5 Å². The summed E-state index contributed by atoms with van der Waals surface area (Å²) in [7, 11) is 0. The summed E-state index contributed by atoms with van der Waals surface area (Å²) in [6.07, 6.45) is 0.559. The molecule has 2 amide bonds. The number of amides is 2. The molecule has 0 radical (unpaired) electrons. The topological polar surface area (TPSA) is 49.4 Å². The number of nitrogens with zero attached hydrogens (tertiary/aromatic N) is 1. The van der Waals surface area contributed by atoms with Crippen molar-refractivity contribution < 1.29 is 14.0 Å². The molecular weight excluding hydrogens is 343 g/mol. The summed E-state index contributed by atoms with van der Waals surface area (Å²) in [5.41, 5.74) is 1.42. The Labute approximate surface area is 160 Å². The molecule has 0 heterocycles. The number of rotatable bonds is 8. The third-order valence-electron chi connectivity index (χ3n) is 4.38. The van der Waals surface area contributed by atoms with Gasteiger partial charge in [0.05, 0.1) is 6.42 Å². The second-order valence-corrected chi connectivity index (χ2v) is 6.93. The highest BCUT2D eigenvalue weighted by Gasteiger charge is 2.26. The van der Waals surface area contributed by atoms with Gasteiger partial charge in [0.1, 0.15) is 11.9 Å². The van der Waals surface area contributed by atoms with E-state index in [2.05, 4.69) is 5.32 Å². The average Bonchev–Trinajstić information content (AvgIpc) is 2.64. The molecule has 0 fully saturated rings. The molecule has 1 atom stereocenters. The molecule has 2 rings (SSSR count). The van der Waals surface area contributed by atoms with E-state index in [9.17, 15) is 14.0 Å². The molecule has 5 heteroatoms. The lowest BCUT2D eigenvalue weighted by atomic mass is 10.1. The zero-order valence-corrected chi connectivity index (χ0v) is 16.1. The molecule has 0 aliphatic heterocycles. The van der Waals surface area contributed by atoms with Crippen molar-refractivity contribution in [3.63, 3.8) is 0 Å². The molecule has 0 bridgehead atoms. The van der Waals surface area contributed by atoms with Gasteiger partial charge >= 0.3 is 0 Å². The van der Waals surface area contributed by atoms with Crippen molar-refractivity contribution in [2.45, 2.75) is 45.7 Å². The van der Waals surface area contributed by atoms with Gasteiger partial charge in [-0.3, -0.25) is 9.59 Å². The van der Waals surface area contributed by atoms with Crippen molar-refractivity contribution in [2.75, 3.05) is 6.54 Å². The number of benzene rings is 2. The van der Waals surface area contributed by atoms with Crippen molar-refractivity contribution in [1.82, 2.24) is 10.2 Å². The molecule has 0 aliphatic carbocycles. The molecule has 2 aromatic carbocycles. The molecule has 0 saturated heterocycles. The van der Waals surface area contributed by atoms with Crippen molar-refractivity contribution in [2.24, 2.45) is 0 Å². The lowest BCUT2D eigenvalue weighted by Gasteiger charge is -2.29. The predicted molar refractivity (Wildman–Crippen MR) is 105 cm³/mol. The van der Waals surface area contributed by atoms with Crippen molar-refractivity contribution in [3.8, 4) is 0 Å². The zero-order chi connectivity index (χ0) is 19.8. The van der Waals surface area contributed by atoms with Crippen LogP contribution in [0.1, 0.15) is 31.9 Å². The van der Waals surface area contributed by atoms with Crippen LogP contribution in [-0.4, -0.2) is 35.3 Å². The molecule has 1 N–H and O–H groups in total. The Hall–Kier alpha value is -2.69. The van der Waals surface area contributed by atoms with E-state index >= 15 is 0 Å². The minimum Gasteiger partial charge on any atom is -0.352 e. The fraction of sp³-hybridized carbons (Fsp3) is 0.364. The maximum Gasteiger partial charge on any atom is 0.242 e. The van der Waals surface area contributed by atoms with E-state index in [1.54, 1.807) is 25.1 Å². The van der Waals surface area contributed by atoms with Crippen LogP contribution in [0.25, 0.3) is 0 Å². The summed E-state index contributed by atoms with van der Waals surface area (Å²) in [6, 6.07) is 15.4. The predicted octanol–water partition coefficient (Wildman–Crippen LogP) is 3.35. The Bertz CT molecular complexity index is 762. The number of hydrogen-bond donors (Lipinski definition) is 1. The number of halogens is 1. The number of carbonyl (C=O) groups excluding carboxylic acids is 2. The molecule has 0 aliphatic rings. The quantitative estimate of drug-likeness (QED) is 0.775. The molecule has 0 spiro atoms. The van der Waals surface area contributed by atoms with E-state index in [0.717, 1.165) is 5.56 Å². The zero-order valence-electron chi connectivity index (χ0n) is 16.1. The van der Waals surface area contributed by atoms with Gasteiger partial charge in [-0.2, -0.15) is 0 Å². The van der Waals surface area contributed by atoms with Crippen molar-refractivity contribution in [3.05, 3.63) is 71.5 Å². The first-order valence-electron chi connectivity index (χ1n) is 9.25. The van der Waals surface area contributed by atoms with Gasteiger partial charge in [0, 0.05) is 12.6 Å². The Morgan fingerprint density at radius 1 is 1.00 bits per heavy atom. The van der Waals surface area contributed by atoms with E-state index in [-0.39, 0.29) is 24.3 Å². The molecule has 144 valence electrons. The molecule has 4 nitrogen and oxygen atoms in total. The van der Waals surface area contributed by atoms with E-state index in [0.29, 0.717) is 18.5 Å². The summed E-state index contributed by atoms with van der Waals surface area (Å²) in [4.78, 5) is 26.9. The van der Waals surface area contributed by atoms with Gasteiger partial charge < -0.3 is 10.2 Å². The first-order chi connectivity index (χ1) is 12.9. The van der Waals surface area contributed by atoms with Gasteiger partial charge in [-0.15, -0.1) is 0 Å². The third-order valence-corrected chi connectivity index (χ3v) is 4.38. The maximum absolute atomic E-state index is 13.9. The van der Waals surface area contributed by atoms with Crippen LogP contribution < -0.4 is 5.32 Å².